The van der Waals surface area contributed by atoms with Gasteiger partial charge < -0.3 is 4.42 Å². The summed E-state index contributed by atoms with van der Waals surface area (Å²) in [5, 5.41) is 2.86. The second-order valence-electron chi connectivity index (χ2n) is 13.6. The molecule has 1 nitrogen and oxygen atoms in total. The SMILES string of the molecule is CC1=CC(c2ccccc2)=CC1[Si](c1ccccc1)(c1ccccc1)C1C(c2ccco2)=Cc2c(-c3ccc(C(C)C)cc3)cccc21. The first-order valence-corrected chi connectivity index (χ1v) is 19.3. The maximum absolute atomic E-state index is 6.34. The summed E-state index contributed by atoms with van der Waals surface area (Å²) in [6.07, 6.45) is 9.30. The molecule has 0 bridgehead atoms. The molecule has 48 heavy (non-hydrogen) atoms. The molecule has 234 valence electrons. The summed E-state index contributed by atoms with van der Waals surface area (Å²) in [6.45, 7) is 6.86. The average molecular weight is 637 g/mol. The highest BCUT2D eigenvalue weighted by molar-refractivity contribution is 7.06. The van der Waals surface area contributed by atoms with Gasteiger partial charge in [0.1, 0.15) is 13.8 Å². The van der Waals surface area contributed by atoms with Crippen molar-refractivity contribution < 1.29 is 4.42 Å². The third kappa shape index (κ3) is 5.00. The lowest BCUT2D eigenvalue weighted by molar-refractivity contribution is 0.551. The van der Waals surface area contributed by atoms with Gasteiger partial charge in [-0.15, -0.1) is 0 Å². The number of rotatable bonds is 8. The van der Waals surface area contributed by atoms with Gasteiger partial charge in [-0.2, -0.15) is 0 Å². The van der Waals surface area contributed by atoms with E-state index in [2.05, 4.69) is 179 Å². The molecule has 2 atom stereocenters. The molecule has 0 amide bonds. The minimum atomic E-state index is -2.81. The third-order valence-corrected chi connectivity index (χ3v) is 16.2. The molecule has 0 saturated heterocycles. The molecule has 0 fully saturated rings. The van der Waals surface area contributed by atoms with E-state index >= 15 is 0 Å². The van der Waals surface area contributed by atoms with Crippen LogP contribution < -0.4 is 10.4 Å². The van der Waals surface area contributed by atoms with Gasteiger partial charge in [-0.05, 0) is 70.0 Å². The average Bonchev–Trinajstić information content (AvgIpc) is 3.90. The predicted octanol–water partition coefficient (Wildman–Crippen LogP) is 10.9. The second kappa shape index (κ2) is 12.4. The summed E-state index contributed by atoms with van der Waals surface area (Å²) >= 11 is 0. The molecule has 2 aliphatic rings. The van der Waals surface area contributed by atoms with Crippen molar-refractivity contribution in [2.75, 3.05) is 0 Å². The van der Waals surface area contributed by atoms with Crippen LogP contribution in [0.4, 0.5) is 0 Å². The van der Waals surface area contributed by atoms with Crippen LogP contribution in [0.25, 0.3) is 28.3 Å². The molecule has 2 heteroatoms. The highest BCUT2D eigenvalue weighted by Gasteiger charge is 2.55. The van der Waals surface area contributed by atoms with Crippen LogP contribution in [0, 0.1) is 0 Å². The van der Waals surface area contributed by atoms with Crippen molar-refractivity contribution in [3.05, 3.63) is 198 Å². The lowest BCUT2D eigenvalue weighted by Crippen LogP contribution is -2.65. The van der Waals surface area contributed by atoms with Crippen LogP contribution in [0.2, 0.25) is 5.54 Å². The Labute approximate surface area is 285 Å². The maximum Gasteiger partial charge on any atom is 0.140 e. The Morgan fingerprint density at radius 1 is 0.604 bits per heavy atom. The summed E-state index contributed by atoms with van der Waals surface area (Å²) in [5.41, 5.74) is 12.2. The smallest absolute Gasteiger partial charge is 0.140 e. The molecule has 8 rings (SSSR count). The van der Waals surface area contributed by atoms with E-state index in [1.807, 2.05) is 12.3 Å². The van der Waals surface area contributed by atoms with Gasteiger partial charge in [-0.25, -0.2) is 0 Å². The topological polar surface area (TPSA) is 13.1 Å². The normalized spacial score (nSPS) is 17.2. The largest absolute Gasteiger partial charge is 0.465 e. The van der Waals surface area contributed by atoms with Gasteiger partial charge in [0.2, 0.25) is 0 Å². The van der Waals surface area contributed by atoms with Crippen molar-refractivity contribution in [2.24, 2.45) is 0 Å². The molecular formula is C46H40OSi. The molecule has 6 aromatic rings. The van der Waals surface area contributed by atoms with Crippen LogP contribution in [-0.2, 0) is 0 Å². The Morgan fingerprint density at radius 3 is 1.85 bits per heavy atom. The van der Waals surface area contributed by atoms with Crippen LogP contribution in [0.3, 0.4) is 0 Å². The minimum absolute atomic E-state index is 0.109. The van der Waals surface area contributed by atoms with Gasteiger partial charge in [0.25, 0.3) is 0 Å². The van der Waals surface area contributed by atoms with Gasteiger partial charge in [0.05, 0.1) is 6.26 Å². The van der Waals surface area contributed by atoms with Crippen molar-refractivity contribution in [3.8, 4) is 11.1 Å². The van der Waals surface area contributed by atoms with Crippen molar-refractivity contribution >= 4 is 35.7 Å². The molecule has 2 aliphatic carbocycles. The zero-order chi connectivity index (χ0) is 32.7. The number of hydrogen-bond donors (Lipinski definition) is 0. The monoisotopic (exact) mass is 636 g/mol. The molecule has 0 radical (unpaired) electrons. The summed E-state index contributed by atoms with van der Waals surface area (Å²) in [5.74, 6) is 1.45. The van der Waals surface area contributed by atoms with E-state index in [0.717, 1.165) is 5.76 Å². The van der Waals surface area contributed by atoms with Crippen molar-refractivity contribution in [2.45, 2.75) is 37.8 Å². The van der Waals surface area contributed by atoms with Crippen LogP contribution in [0.1, 0.15) is 60.2 Å². The number of hydrogen-bond acceptors (Lipinski definition) is 1. The highest BCUT2D eigenvalue weighted by atomic mass is 28.3. The Balaban J connectivity index is 1.44. The van der Waals surface area contributed by atoms with E-state index in [-0.39, 0.29) is 11.1 Å². The van der Waals surface area contributed by atoms with Crippen LogP contribution in [-0.4, -0.2) is 8.07 Å². The zero-order valence-corrected chi connectivity index (χ0v) is 28.8. The summed E-state index contributed by atoms with van der Waals surface area (Å²) in [7, 11) is -2.81. The molecule has 1 heterocycles. The van der Waals surface area contributed by atoms with Crippen LogP contribution in [0.5, 0.6) is 0 Å². The van der Waals surface area contributed by atoms with Gasteiger partial charge in [-0.1, -0.05) is 175 Å². The van der Waals surface area contributed by atoms with E-state index in [9.17, 15) is 0 Å². The molecule has 1 aromatic heterocycles. The van der Waals surface area contributed by atoms with E-state index in [4.69, 9.17) is 4.42 Å². The number of fused-ring (bicyclic) bond motifs is 1. The van der Waals surface area contributed by atoms with E-state index in [0.29, 0.717) is 5.92 Å². The molecule has 0 N–H and O–H groups in total. The fourth-order valence-corrected chi connectivity index (χ4v) is 14.6. The van der Waals surface area contributed by atoms with Gasteiger partial charge in [0.15, 0.2) is 0 Å². The van der Waals surface area contributed by atoms with Crippen LogP contribution >= 0.6 is 0 Å². The Bertz CT molecular complexity index is 2100. The first-order valence-electron chi connectivity index (χ1n) is 17.1. The minimum Gasteiger partial charge on any atom is -0.465 e. The molecule has 0 spiro atoms. The fourth-order valence-electron chi connectivity index (χ4n) is 8.31. The summed E-state index contributed by atoms with van der Waals surface area (Å²) in [4.78, 5) is 0. The first-order chi connectivity index (χ1) is 23.6. The standard InChI is InChI=1S/C46H40OSi/c1-32(2)34-24-26-36(27-25-34)40-21-13-22-41-42(40)31-43(44-23-14-28-47-44)46(41)48(38-17-9-5-10-18-38,39-19-11-6-12-20-39)45-30-37(29-33(45)3)35-15-7-4-8-16-35/h4-32,45-46H,1-3H3. The molecule has 0 saturated carbocycles. The lowest BCUT2D eigenvalue weighted by Gasteiger charge is -2.44. The lowest BCUT2D eigenvalue weighted by atomic mass is 9.94. The van der Waals surface area contributed by atoms with Gasteiger partial charge in [-0.3, -0.25) is 0 Å². The predicted molar refractivity (Wildman–Crippen MR) is 205 cm³/mol. The Morgan fingerprint density at radius 2 is 1.25 bits per heavy atom. The van der Waals surface area contributed by atoms with Crippen molar-refractivity contribution in [1.82, 2.24) is 0 Å². The zero-order valence-electron chi connectivity index (χ0n) is 27.8. The quantitative estimate of drug-likeness (QED) is 0.152. The summed E-state index contributed by atoms with van der Waals surface area (Å²) < 4.78 is 6.34. The molecule has 0 aliphatic heterocycles. The Hall–Kier alpha value is -5.18. The maximum atomic E-state index is 6.34. The van der Waals surface area contributed by atoms with Gasteiger partial charge in [0, 0.05) is 16.7 Å². The highest BCUT2D eigenvalue weighted by Crippen LogP contribution is 2.55. The Kier molecular flexibility index (Phi) is 7.82. The molecule has 2 unspecified atom stereocenters. The fraction of sp³-hybridized carbons (Fsp3) is 0.130. The van der Waals surface area contributed by atoms with E-state index in [1.54, 1.807) is 0 Å². The number of benzene rings is 5. The van der Waals surface area contributed by atoms with E-state index in [1.165, 1.54) is 60.5 Å². The third-order valence-electron chi connectivity index (χ3n) is 10.5. The number of furan rings is 1. The molecule has 5 aromatic carbocycles. The van der Waals surface area contributed by atoms with Crippen LogP contribution in [0.15, 0.2) is 174 Å². The van der Waals surface area contributed by atoms with Gasteiger partial charge >= 0.3 is 0 Å². The van der Waals surface area contributed by atoms with E-state index < -0.39 is 8.07 Å². The number of allylic oxidation sites excluding steroid dienone is 5. The van der Waals surface area contributed by atoms with Crippen molar-refractivity contribution in [1.29, 1.82) is 0 Å². The first kappa shape index (κ1) is 30.2. The molecular weight excluding hydrogens is 597 g/mol. The van der Waals surface area contributed by atoms with Crippen molar-refractivity contribution in [3.63, 3.8) is 0 Å². The summed E-state index contributed by atoms with van der Waals surface area (Å²) in [6, 6.07) is 54.0. The second-order valence-corrected chi connectivity index (χ2v) is 17.6.